The highest BCUT2D eigenvalue weighted by Crippen LogP contribution is 2.15. The molecule has 1 aromatic rings. The van der Waals surface area contributed by atoms with Gasteiger partial charge in [-0.15, -0.1) is 0 Å². The number of rotatable bonds is 5. The lowest BCUT2D eigenvalue weighted by atomic mass is 10.1. The summed E-state index contributed by atoms with van der Waals surface area (Å²) >= 11 is 0. The van der Waals surface area contributed by atoms with Gasteiger partial charge in [0.1, 0.15) is 0 Å². The van der Waals surface area contributed by atoms with Crippen LogP contribution in [0.4, 0.5) is 5.69 Å². The first kappa shape index (κ1) is 10.4. The fourth-order valence-corrected chi connectivity index (χ4v) is 1.18. The molecule has 14 heavy (non-hydrogen) atoms. The molecule has 0 fully saturated rings. The zero-order chi connectivity index (χ0) is 10.4. The third-order valence-electron chi connectivity index (χ3n) is 1.81. The first-order chi connectivity index (χ1) is 6.79. The van der Waals surface area contributed by atoms with E-state index < -0.39 is 0 Å². The highest BCUT2D eigenvalue weighted by Gasteiger charge is 2.08. The molecule has 0 unspecified atom stereocenters. The zero-order valence-corrected chi connectivity index (χ0v) is 7.69. The summed E-state index contributed by atoms with van der Waals surface area (Å²) in [4.78, 5) is 21.8. The van der Waals surface area contributed by atoms with Crippen LogP contribution in [0.1, 0.15) is 16.8 Å². The fourth-order valence-electron chi connectivity index (χ4n) is 1.18. The molecule has 0 aliphatic carbocycles. The molecule has 3 N–H and O–H groups in total. The van der Waals surface area contributed by atoms with Crippen molar-refractivity contribution in [2.24, 2.45) is 5.73 Å². The maximum atomic E-state index is 11.5. The van der Waals surface area contributed by atoms with Crippen molar-refractivity contribution in [3.05, 3.63) is 29.8 Å². The number of nitrogens with one attached hydrogen (secondary N) is 1. The number of benzene rings is 1. The Labute approximate surface area is 82.1 Å². The fraction of sp³-hybridized carbons (Fsp3) is 0.200. The van der Waals surface area contributed by atoms with Crippen molar-refractivity contribution in [3.63, 3.8) is 0 Å². The molecular formula is C10H12N2O2. The molecule has 4 heteroatoms. The molecule has 0 spiro atoms. The smallest absolute Gasteiger partial charge is 0.211 e. The summed E-state index contributed by atoms with van der Waals surface area (Å²) in [6.07, 6.45) is 0.839. The van der Waals surface area contributed by atoms with Crippen molar-refractivity contribution >= 4 is 17.9 Å². The third-order valence-corrected chi connectivity index (χ3v) is 1.81. The molecule has 1 aromatic carbocycles. The number of Topliss-reactive ketones (excluding diaryl/α,β-unsaturated/α-hetero) is 1. The molecule has 0 aliphatic rings. The maximum absolute atomic E-state index is 11.5. The van der Waals surface area contributed by atoms with Gasteiger partial charge in [0.15, 0.2) is 5.78 Å². The molecule has 0 atom stereocenters. The SMILES string of the molecule is NCCC(=O)c1ccccc1NC=O. The minimum absolute atomic E-state index is 0.0579. The number of amides is 1. The molecule has 0 saturated heterocycles. The molecular weight excluding hydrogens is 180 g/mol. The Balaban J connectivity index is 2.93. The number of para-hydroxylation sites is 1. The molecule has 0 heterocycles. The standard InChI is InChI=1S/C10H12N2O2/c11-6-5-10(14)8-3-1-2-4-9(8)12-7-13/h1-4,7H,5-6,11H2,(H,12,13). The van der Waals surface area contributed by atoms with Crippen molar-refractivity contribution < 1.29 is 9.59 Å². The number of nitrogens with two attached hydrogens (primary N) is 1. The van der Waals surface area contributed by atoms with E-state index in [4.69, 9.17) is 5.73 Å². The molecule has 1 amide bonds. The predicted octanol–water partition coefficient (Wildman–Crippen LogP) is 0.786. The van der Waals surface area contributed by atoms with Crippen LogP contribution in [0.25, 0.3) is 0 Å². The predicted molar refractivity (Wildman–Crippen MR) is 54.1 cm³/mol. The van der Waals surface area contributed by atoms with Gasteiger partial charge >= 0.3 is 0 Å². The van der Waals surface area contributed by atoms with E-state index in [0.29, 0.717) is 24.2 Å². The molecule has 0 bridgehead atoms. The molecule has 4 nitrogen and oxygen atoms in total. The van der Waals surface area contributed by atoms with Crippen LogP contribution in [0.3, 0.4) is 0 Å². The van der Waals surface area contributed by atoms with Crippen LogP contribution in [-0.4, -0.2) is 18.7 Å². The van der Waals surface area contributed by atoms with Crippen LogP contribution in [0.5, 0.6) is 0 Å². The van der Waals surface area contributed by atoms with E-state index in [1.165, 1.54) is 0 Å². The van der Waals surface area contributed by atoms with Gasteiger partial charge in [0.25, 0.3) is 0 Å². The largest absolute Gasteiger partial charge is 0.330 e. The lowest BCUT2D eigenvalue weighted by Gasteiger charge is -2.05. The van der Waals surface area contributed by atoms with Gasteiger partial charge in [0.2, 0.25) is 6.41 Å². The van der Waals surface area contributed by atoms with Gasteiger partial charge in [-0.1, -0.05) is 12.1 Å². The van der Waals surface area contributed by atoms with Gasteiger partial charge in [0, 0.05) is 12.0 Å². The number of carbonyl (C=O) groups excluding carboxylic acids is 2. The first-order valence-corrected chi connectivity index (χ1v) is 4.32. The zero-order valence-electron chi connectivity index (χ0n) is 7.69. The van der Waals surface area contributed by atoms with E-state index >= 15 is 0 Å². The second-order valence-corrected chi connectivity index (χ2v) is 2.77. The lowest BCUT2D eigenvalue weighted by molar-refractivity contribution is -0.105. The van der Waals surface area contributed by atoms with Gasteiger partial charge in [-0.05, 0) is 18.7 Å². The topological polar surface area (TPSA) is 72.2 Å². The minimum atomic E-state index is -0.0579. The summed E-state index contributed by atoms with van der Waals surface area (Å²) in [6.45, 7) is 0.314. The molecule has 0 aromatic heterocycles. The van der Waals surface area contributed by atoms with Gasteiger partial charge < -0.3 is 11.1 Å². The molecule has 1 rings (SSSR count). The van der Waals surface area contributed by atoms with Crippen molar-refractivity contribution in [3.8, 4) is 0 Å². The summed E-state index contributed by atoms with van der Waals surface area (Å²) < 4.78 is 0. The molecule has 0 saturated carbocycles. The number of hydrogen-bond donors (Lipinski definition) is 2. The number of ketones is 1. The van der Waals surface area contributed by atoms with E-state index in [1.54, 1.807) is 24.3 Å². The summed E-state index contributed by atoms with van der Waals surface area (Å²) in [5, 5.41) is 2.47. The average Bonchev–Trinajstić information content (AvgIpc) is 2.19. The number of carbonyl (C=O) groups is 2. The van der Waals surface area contributed by atoms with E-state index in [1.807, 2.05) is 0 Å². The number of anilines is 1. The second kappa shape index (κ2) is 5.14. The first-order valence-electron chi connectivity index (χ1n) is 4.32. The van der Waals surface area contributed by atoms with Crippen LogP contribution in [0.15, 0.2) is 24.3 Å². The highest BCUT2D eigenvalue weighted by atomic mass is 16.1. The summed E-state index contributed by atoms with van der Waals surface area (Å²) in [6, 6.07) is 6.85. The Morgan fingerprint density at radius 1 is 1.43 bits per heavy atom. The molecule has 0 aliphatic heterocycles. The molecule has 74 valence electrons. The quantitative estimate of drug-likeness (QED) is 0.535. The maximum Gasteiger partial charge on any atom is 0.211 e. The average molecular weight is 192 g/mol. The van der Waals surface area contributed by atoms with Gasteiger partial charge in [0.05, 0.1) is 5.69 Å². The van der Waals surface area contributed by atoms with Crippen LogP contribution >= 0.6 is 0 Å². The lowest BCUT2D eigenvalue weighted by Crippen LogP contribution is -2.10. The summed E-state index contributed by atoms with van der Waals surface area (Å²) in [7, 11) is 0. The Bertz CT molecular complexity index is 337. The Kier molecular flexibility index (Phi) is 3.82. The second-order valence-electron chi connectivity index (χ2n) is 2.77. The minimum Gasteiger partial charge on any atom is -0.330 e. The Hall–Kier alpha value is -1.68. The highest BCUT2D eigenvalue weighted by molar-refractivity contribution is 6.02. The van der Waals surface area contributed by atoms with Crippen molar-refractivity contribution in [2.45, 2.75) is 6.42 Å². The normalized spacial score (nSPS) is 9.50. The van der Waals surface area contributed by atoms with Gasteiger partial charge in [-0.2, -0.15) is 0 Å². The van der Waals surface area contributed by atoms with Gasteiger partial charge in [-0.3, -0.25) is 9.59 Å². The number of hydrogen-bond acceptors (Lipinski definition) is 3. The summed E-state index contributed by atoms with van der Waals surface area (Å²) in [5.41, 5.74) is 6.31. The van der Waals surface area contributed by atoms with Crippen LogP contribution < -0.4 is 11.1 Å². The third kappa shape index (κ3) is 2.40. The van der Waals surface area contributed by atoms with Crippen LogP contribution in [0, 0.1) is 0 Å². The van der Waals surface area contributed by atoms with E-state index in [2.05, 4.69) is 5.32 Å². The van der Waals surface area contributed by atoms with Crippen LogP contribution in [-0.2, 0) is 4.79 Å². The van der Waals surface area contributed by atoms with Crippen molar-refractivity contribution in [1.29, 1.82) is 0 Å². The van der Waals surface area contributed by atoms with Gasteiger partial charge in [-0.25, -0.2) is 0 Å². The Morgan fingerprint density at radius 2 is 2.14 bits per heavy atom. The molecule has 0 radical (unpaired) electrons. The van der Waals surface area contributed by atoms with E-state index in [9.17, 15) is 9.59 Å². The summed E-state index contributed by atoms with van der Waals surface area (Å²) in [5.74, 6) is -0.0579. The van der Waals surface area contributed by atoms with Crippen LogP contribution in [0.2, 0.25) is 0 Å². The van der Waals surface area contributed by atoms with E-state index in [-0.39, 0.29) is 12.2 Å². The van der Waals surface area contributed by atoms with Crippen molar-refractivity contribution in [1.82, 2.24) is 0 Å². The Morgan fingerprint density at radius 3 is 2.79 bits per heavy atom. The van der Waals surface area contributed by atoms with E-state index in [0.717, 1.165) is 0 Å². The monoisotopic (exact) mass is 192 g/mol. The van der Waals surface area contributed by atoms with Crippen molar-refractivity contribution in [2.75, 3.05) is 11.9 Å².